The van der Waals surface area contributed by atoms with Crippen LogP contribution in [0.25, 0.3) is 0 Å². The maximum absolute atomic E-state index is 12.0. The fourth-order valence-corrected chi connectivity index (χ4v) is 4.19. The molecule has 2 saturated heterocycles. The van der Waals surface area contributed by atoms with Crippen LogP contribution in [0.3, 0.4) is 0 Å². The first-order valence-corrected chi connectivity index (χ1v) is 10.0. The number of piperazine rings is 1. The molecule has 7 nitrogen and oxygen atoms in total. The van der Waals surface area contributed by atoms with Crippen molar-refractivity contribution >= 4 is 5.91 Å². The normalized spacial score (nSPS) is 23.4. The van der Waals surface area contributed by atoms with Gasteiger partial charge in [-0.25, -0.2) is 0 Å². The Morgan fingerprint density at radius 1 is 1.29 bits per heavy atom. The van der Waals surface area contributed by atoms with Gasteiger partial charge in [-0.1, -0.05) is 0 Å². The van der Waals surface area contributed by atoms with Crippen molar-refractivity contribution in [3.05, 3.63) is 29.8 Å². The molecule has 0 spiro atoms. The lowest BCUT2D eigenvalue weighted by Gasteiger charge is -2.41. The van der Waals surface area contributed by atoms with Gasteiger partial charge in [0.2, 0.25) is 5.91 Å². The molecule has 7 heteroatoms. The molecule has 28 heavy (non-hydrogen) atoms. The highest BCUT2D eigenvalue weighted by molar-refractivity contribution is 5.78. The molecule has 0 aromatic heterocycles. The molecule has 3 atom stereocenters. The summed E-state index contributed by atoms with van der Waals surface area (Å²) in [5, 5.41) is 22.2. The summed E-state index contributed by atoms with van der Waals surface area (Å²) in [5.41, 5.74) is 0.587. The zero-order chi connectivity index (χ0) is 20.1. The Hall–Kier alpha value is -2.14. The lowest BCUT2D eigenvalue weighted by molar-refractivity contribution is -0.123. The predicted octanol–water partition coefficient (Wildman–Crippen LogP) is 0.971. The number of nitrogens with one attached hydrogen (secondary N) is 1. The molecule has 0 aliphatic carbocycles. The second kappa shape index (κ2) is 9.37. The van der Waals surface area contributed by atoms with E-state index in [-0.39, 0.29) is 18.6 Å². The maximum atomic E-state index is 12.0. The zero-order valence-corrected chi connectivity index (χ0v) is 16.7. The van der Waals surface area contributed by atoms with Gasteiger partial charge in [-0.05, 0) is 51.0 Å². The molecular formula is C21H30N4O3. The third kappa shape index (κ3) is 5.44. The number of nitrogens with zero attached hydrogens (tertiary/aromatic N) is 3. The van der Waals surface area contributed by atoms with Crippen LogP contribution in [0, 0.1) is 11.3 Å². The van der Waals surface area contributed by atoms with Crippen molar-refractivity contribution in [1.29, 1.82) is 5.26 Å². The van der Waals surface area contributed by atoms with Crippen LogP contribution in [0.1, 0.15) is 32.3 Å². The van der Waals surface area contributed by atoms with Gasteiger partial charge in [0, 0.05) is 37.8 Å². The highest BCUT2D eigenvalue weighted by Gasteiger charge is 2.40. The minimum Gasteiger partial charge on any atom is -0.491 e. The Balaban J connectivity index is 1.45. The lowest BCUT2D eigenvalue weighted by atomic mass is 10.1. The summed E-state index contributed by atoms with van der Waals surface area (Å²) in [6, 6.07) is 9.91. The summed E-state index contributed by atoms with van der Waals surface area (Å²) in [6.07, 6.45) is 1.64. The van der Waals surface area contributed by atoms with E-state index in [0.29, 0.717) is 36.5 Å². The number of rotatable bonds is 8. The van der Waals surface area contributed by atoms with Crippen LogP contribution in [0.5, 0.6) is 5.75 Å². The largest absolute Gasteiger partial charge is 0.491 e. The molecule has 2 aliphatic heterocycles. The second-order valence-corrected chi connectivity index (χ2v) is 8.10. The van der Waals surface area contributed by atoms with Crippen LogP contribution in [0.15, 0.2) is 24.3 Å². The fourth-order valence-electron chi connectivity index (χ4n) is 4.19. The molecule has 2 heterocycles. The van der Waals surface area contributed by atoms with Gasteiger partial charge in [0.05, 0.1) is 18.2 Å². The van der Waals surface area contributed by atoms with Crippen molar-refractivity contribution in [3.63, 3.8) is 0 Å². The van der Waals surface area contributed by atoms with E-state index < -0.39 is 6.10 Å². The van der Waals surface area contributed by atoms with Gasteiger partial charge >= 0.3 is 0 Å². The van der Waals surface area contributed by atoms with Crippen LogP contribution in [0.4, 0.5) is 0 Å². The number of carbonyl (C=O) groups is 1. The molecule has 2 fully saturated rings. The monoisotopic (exact) mass is 386 g/mol. The Bertz CT molecular complexity index is 687. The molecule has 2 N–H and O–H groups in total. The van der Waals surface area contributed by atoms with E-state index in [1.165, 1.54) is 0 Å². The van der Waals surface area contributed by atoms with Crippen molar-refractivity contribution < 1.29 is 14.6 Å². The number of nitriles is 1. The van der Waals surface area contributed by atoms with Crippen molar-refractivity contribution in [2.24, 2.45) is 0 Å². The number of benzene rings is 1. The minimum absolute atomic E-state index is 0.0821. The van der Waals surface area contributed by atoms with Gasteiger partial charge in [0.15, 0.2) is 0 Å². The standard InChI is InChI=1S/C21H30N4O3/c1-15(2)23-21(27)13-24-10-17-5-6-18(11-24)25(17)12-19(26)14-28-20-7-3-16(9-22)4-8-20/h3-4,7-8,15,17-19,26H,5-6,10-14H2,1-2H3,(H,23,27). The van der Waals surface area contributed by atoms with Crippen LogP contribution < -0.4 is 10.1 Å². The summed E-state index contributed by atoms with van der Waals surface area (Å²) >= 11 is 0. The van der Waals surface area contributed by atoms with Gasteiger partial charge in [-0.2, -0.15) is 5.26 Å². The first-order valence-electron chi connectivity index (χ1n) is 10.0. The molecule has 1 aromatic carbocycles. The van der Waals surface area contributed by atoms with Crippen molar-refractivity contribution in [2.45, 2.75) is 50.9 Å². The van der Waals surface area contributed by atoms with Crippen molar-refractivity contribution in [2.75, 3.05) is 32.8 Å². The molecule has 152 valence electrons. The van der Waals surface area contributed by atoms with E-state index in [4.69, 9.17) is 10.00 Å². The quantitative estimate of drug-likeness (QED) is 0.692. The van der Waals surface area contributed by atoms with Gasteiger partial charge in [0.1, 0.15) is 18.5 Å². The van der Waals surface area contributed by atoms with Gasteiger partial charge in [0.25, 0.3) is 0 Å². The SMILES string of the molecule is CC(C)NC(=O)CN1CC2CCC(C1)N2CC(O)COc1ccc(C#N)cc1. The van der Waals surface area contributed by atoms with E-state index in [9.17, 15) is 9.90 Å². The van der Waals surface area contributed by atoms with E-state index in [1.807, 2.05) is 13.8 Å². The van der Waals surface area contributed by atoms with Crippen LogP contribution in [-0.4, -0.2) is 77.8 Å². The number of ether oxygens (including phenoxy) is 1. The highest BCUT2D eigenvalue weighted by atomic mass is 16.5. The number of likely N-dealkylation sites (tertiary alicyclic amines) is 1. The van der Waals surface area contributed by atoms with E-state index in [2.05, 4.69) is 21.2 Å². The zero-order valence-electron chi connectivity index (χ0n) is 16.7. The molecule has 3 rings (SSSR count). The Morgan fingerprint density at radius 2 is 1.93 bits per heavy atom. The van der Waals surface area contributed by atoms with E-state index in [1.54, 1.807) is 24.3 Å². The summed E-state index contributed by atoms with van der Waals surface area (Å²) in [4.78, 5) is 16.6. The van der Waals surface area contributed by atoms with Gasteiger partial charge in [-0.15, -0.1) is 0 Å². The smallest absolute Gasteiger partial charge is 0.234 e. The van der Waals surface area contributed by atoms with E-state index >= 15 is 0 Å². The molecule has 3 unspecified atom stereocenters. The number of aliphatic hydroxyl groups excluding tert-OH is 1. The summed E-state index contributed by atoms with van der Waals surface area (Å²) in [6.45, 7) is 6.93. The number of hydrogen-bond donors (Lipinski definition) is 2. The fraction of sp³-hybridized carbons (Fsp3) is 0.619. The van der Waals surface area contributed by atoms with Crippen LogP contribution >= 0.6 is 0 Å². The Morgan fingerprint density at radius 3 is 2.50 bits per heavy atom. The number of hydrogen-bond acceptors (Lipinski definition) is 6. The third-order valence-corrected chi connectivity index (χ3v) is 5.37. The number of amides is 1. The molecule has 2 bridgehead atoms. The van der Waals surface area contributed by atoms with Gasteiger partial charge in [-0.3, -0.25) is 14.6 Å². The second-order valence-electron chi connectivity index (χ2n) is 8.10. The Kier molecular flexibility index (Phi) is 6.89. The topological polar surface area (TPSA) is 88.8 Å². The predicted molar refractivity (Wildman–Crippen MR) is 106 cm³/mol. The summed E-state index contributed by atoms with van der Waals surface area (Å²) < 4.78 is 5.66. The lowest BCUT2D eigenvalue weighted by Crippen LogP contribution is -2.57. The molecule has 2 aliphatic rings. The number of carbonyl (C=O) groups excluding carboxylic acids is 1. The van der Waals surface area contributed by atoms with Crippen molar-refractivity contribution in [3.8, 4) is 11.8 Å². The average molecular weight is 386 g/mol. The molecule has 1 amide bonds. The maximum Gasteiger partial charge on any atom is 0.234 e. The first kappa shape index (κ1) is 20.6. The summed E-state index contributed by atoms with van der Waals surface area (Å²) in [5.74, 6) is 0.737. The first-order chi connectivity index (χ1) is 13.4. The van der Waals surface area contributed by atoms with Gasteiger partial charge < -0.3 is 15.2 Å². The summed E-state index contributed by atoms with van der Waals surface area (Å²) in [7, 11) is 0. The third-order valence-electron chi connectivity index (χ3n) is 5.37. The number of aliphatic hydroxyl groups is 1. The highest BCUT2D eigenvalue weighted by Crippen LogP contribution is 2.30. The molecule has 0 radical (unpaired) electrons. The minimum atomic E-state index is -0.575. The molecular weight excluding hydrogens is 356 g/mol. The van der Waals surface area contributed by atoms with Crippen LogP contribution in [0.2, 0.25) is 0 Å². The number of fused-ring (bicyclic) bond motifs is 2. The van der Waals surface area contributed by atoms with E-state index in [0.717, 1.165) is 25.9 Å². The van der Waals surface area contributed by atoms with Crippen LogP contribution in [-0.2, 0) is 4.79 Å². The molecule has 1 aromatic rings. The molecule has 0 saturated carbocycles. The Labute approximate surface area is 166 Å². The average Bonchev–Trinajstić information content (AvgIpc) is 2.88. The van der Waals surface area contributed by atoms with Crippen molar-refractivity contribution in [1.82, 2.24) is 15.1 Å².